The molecule has 0 aliphatic rings. The van der Waals surface area contributed by atoms with Crippen LogP contribution in [0.2, 0.25) is 0 Å². The van der Waals surface area contributed by atoms with E-state index in [9.17, 15) is 35.1 Å². The van der Waals surface area contributed by atoms with E-state index >= 15 is 0 Å². The Bertz CT molecular complexity index is 184. The van der Waals surface area contributed by atoms with E-state index in [1.807, 2.05) is 0 Å². The largest absolute Gasteiger partial charge is 0.411 e. The van der Waals surface area contributed by atoms with E-state index in [1.54, 1.807) is 0 Å². The summed E-state index contributed by atoms with van der Waals surface area (Å²) < 4.78 is 85.6. The molecule has 0 aromatic carbocycles. The monoisotopic (exact) mass is 228 g/mol. The summed E-state index contributed by atoms with van der Waals surface area (Å²) in [5.74, 6) is 0. The van der Waals surface area contributed by atoms with Crippen molar-refractivity contribution in [2.45, 2.75) is 12.6 Å². The number of hydrogen-bond donors (Lipinski definition) is 0. The van der Waals surface area contributed by atoms with Gasteiger partial charge in [0.05, 0.1) is 6.33 Å². The molecule has 14 heavy (non-hydrogen) atoms. The molecule has 8 heteroatoms. The third kappa shape index (κ3) is 22.4. The van der Waals surface area contributed by atoms with Gasteiger partial charge in [0.2, 0.25) is 0 Å². The molecular weight excluding hydrogens is 224 g/mol. The second-order valence-electron chi connectivity index (χ2n) is 1.63. The van der Waals surface area contributed by atoms with Crippen LogP contribution in [0, 0.1) is 0 Å². The van der Waals surface area contributed by atoms with Crippen LogP contribution in [-0.2, 0) is 0 Å². The van der Waals surface area contributed by atoms with Gasteiger partial charge in [0.1, 0.15) is 0 Å². The zero-order valence-corrected chi connectivity index (χ0v) is 6.33. The van der Waals surface area contributed by atoms with Gasteiger partial charge in [-0.05, 0) is 0 Å². The highest BCUT2D eigenvalue weighted by molar-refractivity contribution is 4.82. The summed E-state index contributed by atoms with van der Waals surface area (Å²) in [7, 11) is 0. The van der Waals surface area contributed by atoms with E-state index < -0.39 is 37.2 Å². The quantitative estimate of drug-likeness (QED) is 0.593. The molecule has 0 radical (unpaired) electrons. The summed E-state index contributed by atoms with van der Waals surface area (Å²) >= 11 is 0. The smallest absolute Gasteiger partial charge is 0.216 e. The van der Waals surface area contributed by atoms with Gasteiger partial charge >= 0.3 is 6.18 Å². The van der Waals surface area contributed by atoms with E-state index in [-0.39, 0.29) is 0 Å². The van der Waals surface area contributed by atoms with Crippen molar-refractivity contribution >= 4 is 0 Å². The molecule has 0 aromatic heterocycles. The SMILES string of the molecule is FC(F)=CC(F)F.FC=CC(F)(F)F. The second kappa shape index (κ2) is 7.34. The zero-order chi connectivity index (χ0) is 11.8. The molecule has 0 saturated heterocycles. The topological polar surface area (TPSA) is 0 Å². The summed E-state index contributed by atoms with van der Waals surface area (Å²) in [4.78, 5) is 0. The summed E-state index contributed by atoms with van der Waals surface area (Å²) in [5.41, 5.74) is 0. The Hall–Kier alpha value is -1.08. The van der Waals surface area contributed by atoms with Crippen LogP contribution in [0.4, 0.5) is 35.1 Å². The van der Waals surface area contributed by atoms with Crippen molar-refractivity contribution in [3.63, 3.8) is 0 Å². The van der Waals surface area contributed by atoms with Gasteiger partial charge in [0.25, 0.3) is 12.5 Å². The molecule has 0 nitrogen and oxygen atoms in total. The molecule has 0 aliphatic carbocycles. The average molecular weight is 228 g/mol. The minimum Gasteiger partial charge on any atom is -0.216 e. The second-order valence-corrected chi connectivity index (χ2v) is 1.63. The lowest BCUT2D eigenvalue weighted by Gasteiger charge is -1.92. The maximum Gasteiger partial charge on any atom is 0.411 e. The average Bonchev–Trinajstić information content (AvgIpc) is 1.80. The lowest BCUT2D eigenvalue weighted by molar-refractivity contribution is -0.0805. The standard InChI is InChI=1S/2C3H2F4/c4-2-1-3(5,6)7;4-2(5)1-3(6)7/h2*1-2H. The summed E-state index contributed by atoms with van der Waals surface area (Å²) in [6.45, 7) is 0. The van der Waals surface area contributed by atoms with Crippen LogP contribution in [0.25, 0.3) is 0 Å². The van der Waals surface area contributed by atoms with Crippen LogP contribution < -0.4 is 0 Å². The van der Waals surface area contributed by atoms with Gasteiger partial charge < -0.3 is 0 Å². The number of allylic oxidation sites excluding steroid dienone is 2. The van der Waals surface area contributed by atoms with Gasteiger partial charge in [-0.2, -0.15) is 22.0 Å². The Morgan fingerprint density at radius 2 is 1.50 bits per heavy atom. The first-order chi connectivity index (χ1) is 6.19. The third-order valence-corrected chi connectivity index (χ3v) is 0.504. The molecule has 0 atom stereocenters. The Kier molecular flexibility index (Phi) is 8.07. The molecule has 0 aromatic rings. The highest BCUT2D eigenvalue weighted by Crippen LogP contribution is 2.15. The minimum absolute atomic E-state index is 0.417. The van der Waals surface area contributed by atoms with Crippen molar-refractivity contribution in [2.24, 2.45) is 0 Å². The van der Waals surface area contributed by atoms with Crippen LogP contribution in [0.5, 0.6) is 0 Å². The highest BCUT2D eigenvalue weighted by Gasteiger charge is 2.21. The summed E-state index contributed by atoms with van der Waals surface area (Å²) in [6.07, 6.45) is -11.3. The van der Waals surface area contributed by atoms with E-state index in [1.165, 1.54) is 0 Å². The fraction of sp³-hybridized carbons (Fsp3) is 0.333. The Balaban J connectivity index is 0. The van der Waals surface area contributed by atoms with Crippen molar-refractivity contribution in [1.82, 2.24) is 0 Å². The third-order valence-electron chi connectivity index (χ3n) is 0.504. The fourth-order valence-electron chi connectivity index (χ4n) is 0.167. The maximum absolute atomic E-state index is 10.7. The molecule has 0 rings (SSSR count). The number of rotatable bonds is 1. The lowest BCUT2D eigenvalue weighted by atomic mass is 10.6. The predicted octanol–water partition coefficient (Wildman–Crippen LogP) is 4.06. The van der Waals surface area contributed by atoms with Crippen LogP contribution >= 0.6 is 0 Å². The van der Waals surface area contributed by atoms with Crippen LogP contribution in [0.3, 0.4) is 0 Å². The Labute approximate surface area is 73.5 Å². The van der Waals surface area contributed by atoms with Gasteiger partial charge in [0.15, 0.2) is 0 Å². The van der Waals surface area contributed by atoms with E-state index in [0.29, 0.717) is 0 Å². The molecule has 0 fully saturated rings. The molecule has 0 bridgehead atoms. The molecular formula is C6H4F8. The molecule has 0 N–H and O–H groups in total. The molecule has 0 amide bonds. The van der Waals surface area contributed by atoms with Gasteiger partial charge in [-0.3, -0.25) is 0 Å². The predicted molar refractivity (Wildman–Crippen MR) is 32.6 cm³/mol. The van der Waals surface area contributed by atoms with Crippen molar-refractivity contribution in [2.75, 3.05) is 0 Å². The van der Waals surface area contributed by atoms with Crippen molar-refractivity contribution < 1.29 is 35.1 Å². The molecule has 0 saturated carbocycles. The van der Waals surface area contributed by atoms with E-state index in [4.69, 9.17) is 0 Å². The zero-order valence-electron chi connectivity index (χ0n) is 6.33. The molecule has 0 spiro atoms. The first-order valence-corrected chi connectivity index (χ1v) is 2.84. The van der Waals surface area contributed by atoms with Crippen molar-refractivity contribution in [3.8, 4) is 0 Å². The first kappa shape index (κ1) is 15.4. The Morgan fingerprint density at radius 3 is 1.50 bits per heavy atom. The van der Waals surface area contributed by atoms with Crippen molar-refractivity contribution in [1.29, 1.82) is 0 Å². The maximum atomic E-state index is 10.7. The van der Waals surface area contributed by atoms with Gasteiger partial charge in [0, 0.05) is 12.2 Å². The van der Waals surface area contributed by atoms with Crippen LogP contribution in [0.1, 0.15) is 0 Å². The van der Waals surface area contributed by atoms with E-state index in [0.717, 1.165) is 0 Å². The van der Waals surface area contributed by atoms with E-state index in [2.05, 4.69) is 0 Å². The fourth-order valence-corrected chi connectivity index (χ4v) is 0.167. The normalized spacial score (nSPS) is 11.2. The molecule has 0 heterocycles. The number of hydrogen-bond acceptors (Lipinski definition) is 0. The minimum atomic E-state index is -4.51. The number of alkyl halides is 5. The van der Waals surface area contributed by atoms with Crippen LogP contribution in [-0.4, -0.2) is 12.6 Å². The molecule has 84 valence electrons. The van der Waals surface area contributed by atoms with Crippen molar-refractivity contribution in [3.05, 3.63) is 24.6 Å². The summed E-state index contributed by atoms with van der Waals surface area (Å²) in [5, 5.41) is 0. The molecule has 0 unspecified atom stereocenters. The van der Waals surface area contributed by atoms with Gasteiger partial charge in [-0.25, -0.2) is 13.2 Å². The Morgan fingerprint density at radius 1 is 1.07 bits per heavy atom. The summed E-state index contributed by atoms with van der Waals surface area (Å²) in [6, 6.07) is 0. The van der Waals surface area contributed by atoms with Crippen LogP contribution in [0.15, 0.2) is 24.6 Å². The van der Waals surface area contributed by atoms with Gasteiger partial charge in [-0.1, -0.05) is 0 Å². The highest BCUT2D eigenvalue weighted by atomic mass is 19.4. The first-order valence-electron chi connectivity index (χ1n) is 2.84. The van der Waals surface area contributed by atoms with Gasteiger partial charge in [-0.15, -0.1) is 0 Å². The molecule has 0 aliphatic heterocycles. The number of halogens is 8. The lowest BCUT2D eigenvalue weighted by Crippen LogP contribution is -1.99.